The van der Waals surface area contributed by atoms with E-state index < -0.39 is 0 Å². The van der Waals surface area contributed by atoms with Gasteiger partial charge in [0.05, 0.1) is 0 Å². The molecule has 0 aliphatic carbocycles. The molecule has 3 aromatic rings. The zero-order valence-electron chi connectivity index (χ0n) is 15.4. The molecule has 0 bridgehead atoms. The number of hydrogen-bond donors (Lipinski definition) is 2. The van der Waals surface area contributed by atoms with Gasteiger partial charge in [-0.3, -0.25) is 9.59 Å². The maximum absolute atomic E-state index is 12.5. The highest BCUT2D eigenvalue weighted by atomic mass is 16.2. The predicted molar refractivity (Wildman–Crippen MR) is 106 cm³/mol. The minimum atomic E-state index is -0.344. The van der Waals surface area contributed by atoms with Crippen molar-refractivity contribution in [2.45, 2.75) is 20.8 Å². The largest absolute Gasteiger partial charge is 0.340 e. The van der Waals surface area contributed by atoms with Crippen LogP contribution < -0.4 is 10.6 Å². The van der Waals surface area contributed by atoms with E-state index in [4.69, 9.17) is 0 Å². The molecule has 2 N–H and O–H groups in total. The number of ketones is 1. The maximum atomic E-state index is 12.5. The van der Waals surface area contributed by atoms with Gasteiger partial charge in [-0.2, -0.15) is 0 Å². The maximum Gasteiger partial charge on any atom is 0.274 e. The van der Waals surface area contributed by atoms with Gasteiger partial charge >= 0.3 is 0 Å². The molecule has 0 aliphatic rings. The van der Waals surface area contributed by atoms with Crippen LogP contribution in [0.25, 0.3) is 0 Å². The fraction of sp³-hybridized carbons (Fsp3) is 0.143. The van der Waals surface area contributed by atoms with E-state index in [1.54, 1.807) is 37.3 Å². The molecule has 136 valence electrons. The third-order valence-corrected chi connectivity index (χ3v) is 3.94. The van der Waals surface area contributed by atoms with Crippen molar-refractivity contribution < 1.29 is 9.59 Å². The van der Waals surface area contributed by atoms with Crippen molar-refractivity contribution in [3.05, 3.63) is 77.2 Å². The second-order valence-electron chi connectivity index (χ2n) is 6.26. The molecular formula is C21H20N4O2. The SMILES string of the molecule is CC(=O)c1ccc(NC(=O)c2cc(Nc3ccc(C)cc3)nc(C)n2)cc1. The highest BCUT2D eigenvalue weighted by Gasteiger charge is 2.11. The second-order valence-corrected chi connectivity index (χ2v) is 6.26. The molecular weight excluding hydrogens is 340 g/mol. The molecule has 1 heterocycles. The van der Waals surface area contributed by atoms with Crippen LogP contribution in [0.4, 0.5) is 17.2 Å². The van der Waals surface area contributed by atoms with Gasteiger partial charge in [0.2, 0.25) is 0 Å². The first-order valence-corrected chi connectivity index (χ1v) is 8.52. The first-order chi connectivity index (χ1) is 12.9. The number of nitrogens with zero attached hydrogens (tertiary/aromatic N) is 2. The third kappa shape index (κ3) is 4.76. The molecule has 0 spiro atoms. The average Bonchev–Trinajstić information content (AvgIpc) is 2.63. The van der Waals surface area contributed by atoms with E-state index in [1.165, 1.54) is 6.92 Å². The number of carbonyl (C=O) groups excluding carboxylic acids is 2. The fourth-order valence-electron chi connectivity index (χ4n) is 2.52. The van der Waals surface area contributed by atoms with Crippen molar-refractivity contribution in [3.8, 4) is 0 Å². The summed E-state index contributed by atoms with van der Waals surface area (Å²) in [5.41, 5.74) is 3.48. The molecule has 0 atom stereocenters. The van der Waals surface area contributed by atoms with Crippen LogP contribution in [0.5, 0.6) is 0 Å². The standard InChI is InChI=1S/C21H20N4O2/c1-13-4-8-17(9-5-13)24-20-12-19(22-15(3)23-20)21(27)25-18-10-6-16(7-11-18)14(2)26/h4-12H,1-3H3,(H,25,27)(H,22,23,24). The first kappa shape index (κ1) is 18.3. The first-order valence-electron chi connectivity index (χ1n) is 8.52. The van der Waals surface area contributed by atoms with Gasteiger partial charge < -0.3 is 10.6 Å². The molecule has 6 heteroatoms. The second kappa shape index (κ2) is 7.78. The Balaban J connectivity index is 1.77. The van der Waals surface area contributed by atoms with Gasteiger partial charge in [0.25, 0.3) is 5.91 Å². The van der Waals surface area contributed by atoms with E-state index in [0.29, 0.717) is 22.9 Å². The van der Waals surface area contributed by atoms with Crippen molar-refractivity contribution in [3.63, 3.8) is 0 Å². The van der Waals surface area contributed by atoms with Crippen LogP contribution in [0.15, 0.2) is 54.6 Å². The summed E-state index contributed by atoms with van der Waals surface area (Å²) in [6, 6.07) is 16.2. The molecule has 1 amide bonds. The van der Waals surface area contributed by atoms with E-state index in [2.05, 4.69) is 20.6 Å². The van der Waals surface area contributed by atoms with Gasteiger partial charge in [-0.15, -0.1) is 0 Å². The molecule has 0 fully saturated rings. The summed E-state index contributed by atoms with van der Waals surface area (Å²) in [5, 5.41) is 5.96. The average molecular weight is 360 g/mol. The molecule has 0 saturated heterocycles. The third-order valence-electron chi connectivity index (χ3n) is 3.94. The Morgan fingerprint density at radius 2 is 1.48 bits per heavy atom. The summed E-state index contributed by atoms with van der Waals surface area (Å²) in [7, 11) is 0. The van der Waals surface area contributed by atoms with Crippen LogP contribution in [-0.2, 0) is 0 Å². The Morgan fingerprint density at radius 1 is 0.852 bits per heavy atom. The zero-order valence-corrected chi connectivity index (χ0v) is 15.4. The highest BCUT2D eigenvalue weighted by molar-refractivity contribution is 6.03. The highest BCUT2D eigenvalue weighted by Crippen LogP contribution is 2.17. The van der Waals surface area contributed by atoms with Crippen molar-refractivity contribution in [2.24, 2.45) is 0 Å². The minimum Gasteiger partial charge on any atom is -0.340 e. The van der Waals surface area contributed by atoms with Gasteiger partial charge in [-0.25, -0.2) is 9.97 Å². The summed E-state index contributed by atoms with van der Waals surface area (Å²) >= 11 is 0. The van der Waals surface area contributed by atoms with Crippen LogP contribution in [0.2, 0.25) is 0 Å². The number of benzene rings is 2. The lowest BCUT2D eigenvalue weighted by Crippen LogP contribution is -2.15. The number of Topliss-reactive ketones (excluding diaryl/α,β-unsaturated/α-hetero) is 1. The molecule has 3 rings (SSSR count). The normalized spacial score (nSPS) is 10.3. The van der Waals surface area contributed by atoms with Crippen molar-refractivity contribution >= 4 is 28.9 Å². The fourth-order valence-corrected chi connectivity index (χ4v) is 2.52. The molecule has 0 saturated carbocycles. The Bertz CT molecular complexity index is 980. The van der Waals surface area contributed by atoms with Crippen LogP contribution in [0.3, 0.4) is 0 Å². The Hall–Kier alpha value is -3.54. The minimum absolute atomic E-state index is 0.0221. The van der Waals surface area contributed by atoms with E-state index in [0.717, 1.165) is 11.3 Å². The summed E-state index contributed by atoms with van der Waals surface area (Å²) < 4.78 is 0. The number of aromatic nitrogens is 2. The number of rotatable bonds is 5. The van der Waals surface area contributed by atoms with Gasteiger partial charge in [-0.1, -0.05) is 17.7 Å². The number of nitrogens with one attached hydrogen (secondary N) is 2. The summed E-state index contributed by atoms with van der Waals surface area (Å²) in [4.78, 5) is 32.4. The predicted octanol–water partition coefficient (Wildman–Crippen LogP) is 4.29. The van der Waals surface area contributed by atoms with E-state index in [9.17, 15) is 9.59 Å². The zero-order chi connectivity index (χ0) is 19.4. The quantitative estimate of drug-likeness (QED) is 0.663. The number of carbonyl (C=O) groups is 2. The van der Waals surface area contributed by atoms with Crippen molar-refractivity contribution in [2.75, 3.05) is 10.6 Å². The molecule has 6 nitrogen and oxygen atoms in total. The van der Waals surface area contributed by atoms with Crippen LogP contribution in [-0.4, -0.2) is 21.7 Å². The van der Waals surface area contributed by atoms with Crippen molar-refractivity contribution in [1.82, 2.24) is 9.97 Å². The lowest BCUT2D eigenvalue weighted by atomic mass is 10.1. The number of anilines is 3. The van der Waals surface area contributed by atoms with E-state index >= 15 is 0 Å². The molecule has 1 aromatic heterocycles. The van der Waals surface area contributed by atoms with Gasteiger partial charge in [0.15, 0.2) is 5.78 Å². The number of amides is 1. The summed E-state index contributed by atoms with van der Waals surface area (Å²) in [6.07, 6.45) is 0. The summed E-state index contributed by atoms with van der Waals surface area (Å²) in [6.45, 7) is 5.25. The van der Waals surface area contributed by atoms with Gasteiger partial charge in [0.1, 0.15) is 17.3 Å². The lowest BCUT2D eigenvalue weighted by molar-refractivity contribution is 0.101. The van der Waals surface area contributed by atoms with Crippen molar-refractivity contribution in [1.29, 1.82) is 0 Å². The van der Waals surface area contributed by atoms with Gasteiger partial charge in [-0.05, 0) is 57.2 Å². The number of hydrogen-bond acceptors (Lipinski definition) is 5. The van der Waals surface area contributed by atoms with Crippen LogP contribution in [0, 0.1) is 13.8 Å². The molecule has 0 aliphatic heterocycles. The Labute approximate surface area is 157 Å². The Kier molecular flexibility index (Phi) is 5.26. The topological polar surface area (TPSA) is 84.0 Å². The van der Waals surface area contributed by atoms with Crippen LogP contribution >= 0.6 is 0 Å². The molecule has 0 radical (unpaired) electrons. The lowest BCUT2D eigenvalue weighted by Gasteiger charge is -2.10. The van der Waals surface area contributed by atoms with Gasteiger partial charge in [0, 0.05) is 23.0 Å². The molecule has 2 aromatic carbocycles. The smallest absolute Gasteiger partial charge is 0.274 e. The monoisotopic (exact) mass is 360 g/mol. The molecule has 27 heavy (non-hydrogen) atoms. The molecule has 0 unspecified atom stereocenters. The Morgan fingerprint density at radius 3 is 2.11 bits per heavy atom. The van der Waals surface area contributed by atoms with Crippen LogP contribution in [0.1, 0.15) is 39.2 Å². The number of aryl methyl sites for hydroxylation is 2. The van der Waals surface area contributed by atoms with E-state index in [1.807, 2.05) is 31.2 Å². The summed E-state index contributed by atoms with van der Waals surface area (Å²) in [5.74, 6) is 0.668. The van der Waals surface area contributed by atoms with E-state index in [-0.39, 0.29) is 17.4 Å².